The quantitative estimate of drug-likeness (QED) is 0.849. The van der Waals surface area contributed by atoms with Crippen molar-refractivity contribution in [3.63, 3.8) is 0 Å². The number of methoxy groups -OCH3 is 1. The topological polar surface area (TPSA) is 21.3 Å². The molecule has 0 aliphatic carbocycles. The third-order valence-electron chi connectivity index (χ3n) is 1.54. The number of hydrogen-bond donors (Lipinski definition) is 1. The maximum atomic E-state index is 4.25. The SMILES string of the molecule is C=Cc1ccccc1.CCCNC.COC. The molecule has 0 fully saturated rings. The van der Waals surface area contributed by atoms with Crippen LogP contribution in [0.15, 0.2) is 36.9 Å². The van der Waals surface area contributed by atoms with Crippen molar-refractivity contribution in [2.24, 2.45) is 0 Å². The molecule has 0 aliphatic rings. The molecule has 0 aliphatic heterocycles. The van der Waals surface area contributed by atoms with E-state index < -0.39 is 0 Å². The van der Waals surface area contributed by atoms with Crippen molar-refractivity contribution >= 4 is 6.08 Å². The second kappa shape index (κ2) is 16.3. The van der Waals surface area contributed by atoms with Crippen LogP contribution in [0.2, 0.25) is 0 Å². The van der Waals surface area contributed by atoms with E-state index in [0.29, 0.717) is 0 Å². The van der Waals surface area contributed by atoms with E-state index in [9.17, 15) is 0 Å². The Balaban J connectivity index is 0. The highest BCUT2D eigenvalue weighted by molar-refractivity contribution is 5.45. The number of hydrogen-bond acceptors (Lipinski definition) is 2. The van der Waals surface area contributed by atoms with Crippen molar-refractivity contribution in [2.45, 2.75) is 13.3 Å². The van der Waals surface area contributed by atoms with E-state index in [1.54, 1.807) is 14.2 Å². The van der Waals surface area contributed by atoms with Crippen LogP contribution in [-0.2, 0) is 4.74 Å². The van der Waals surface area contributed by atoms with Crippen LogP contribution in [0.25, 0.3) is 6.08 Å². The van der Waals surface area contributed by atoms with Crippen molar-refractivity contribution in [2.75, 3.05) is 27.8 Å². The Morgan fingerprint density at radius 3 is 1.94 bits per heavy atom. The summed E-state index contributed by atoms with van der Waals surface area (Å²) in [7, 11) is 5.21. The molecular weight excluding hydrogens is 198 g/mol. The molecular formula is C14H25NO. The summed E-state index contributed by atoms with van der Waals surface area (Å²) in [6.45, 7) is 6.92. The van der Waals surface area contributed by atoms with Crippen LogP contribution in [0.5, 0.6) is 0 Å². The van der Waals surface area contributed by atoms with Crippen LogP contribution >= 0.6 is 0 Å². The fraction of sp³-hybridized carbons (Fsp3) is 0.429. The van der Waals surface area contributed by atoms with Gasteiger partial charge in [-0.3, -0.25) is 0 Å². The summed E-state index contributed by atoms with van der Waals surface area (Å²) in [5, 5.41) is 3.02. The minimum absolute atomic E-state index is 1.14. The van der Waals surface area contributed by atoms with E-state index in [4.69, 9.17) is 0 Å². The molecule has 92 valence electrons. The summed E-state index contributed by atoms with van der Waals surface area (Å²) in [6, 6.07) is 10.0. The first-order valence-corrected chi connectivity index (χ1v) is 5.48. The lowest BCUT2D eigenvalue weighted by Crippen LogP contribution is -2.04. The van der Waals surface area contributed by atoms with Crippen LogP contribution < -0.4 is 5.32 Å². The molecule has 1 aromatic rings. The van der Waals surface area contributed by atoms with Gasteiger partial charge in [0, 0.05) is 14.2 Å². The fourth-order valence-electron chi connectivity index (χ4n) is 0.839. The van der Waals surface area contributed by atoms with Gasteiger partial charge in [0.15, 0.2) is 0 Å². The maximum absolute atomic E-state index is 4.25. The van der Waals surface area contributed by atoms with E-state index in [-0.39, 0.29) is 0 Å². The molecule has 0 aromatic heterocycles. The van der Waals surface area contributed by atoms with Gasteiger partial charge in [0.2, 0.25) is 0 Å². The average molecular weight is 223 g/mol. The Morgan fingerprint density at radius 2 is 1.75 bits per heavy atom. The molecule has 16 heavy (non-hydrogen) atoms. The lowest BCUT2D eigenvalue weighted by atomic mass is 10.2. The van der Waals surface area contributed by atoms with Gasteiger partial charge in [-0.2, -0.15) is 0 Å². The summed E-state index contributed by atoms with van der Waals surface area (Å²) in [5.74, 6) is 0. The molecule has 0 saturated carbocycles. The normalized spacial score (nSPS) is 8.00. The average Bonchev–Trinajstić information content (AvgIpc) is 2.33. The number of rotatable bonds is 3. The van der Waals surface area contributed by atoms with Crippen molar-refractivity contribution in [3.05, 3.63) is 42.5 Å². The molecule has 0 spiro atoms. The first-order chi connectivity index (χ1) is 7.76. The lowest BCUT2D eigenvalue weighted by molar-refractivity contribution is 0.277. The Bertz CT molecular complexity index is 219. The van der Waals surface area contributed by atoms with Gasteiger partial charge in [0.1, 0.15) is 0 Å². The highest BCUT2D eigenvalue weighted by Gasteiger charge is 1.75. The van der Waals surface area contributed by atoms with E-state index in [1.165, 1.54) is 12.0 Å². The summed E-state index contributed by atoms with van der Waals surface area (Å²) in [5.41, 5.74) is 1.17. The highest BCUT2D eigenvalue weighted by atomic mass is 16.4. The lowest BCUT2D eigenvalue weighted by Gasteiger charge is -1.85. The monoisotopic (exact) mass is 223 g/mol. The highest BCUT2D eigenvalue weighted by Crippen LogP contribution is 1.97. The van der Waals surface area contributed by atoms with Gasteiger partial charge in [-0.1, -0.05) is 49.9 Å². The van der Waals surface area contributed by atoms with Crippen molar-refractivity contribution in [1.29, 1.82) is 0 Å². The Hall–Kier alpha value is -1.12. The summed E-state index contributed by atoms with van der Waals surface area (Å²) in [6.07, 6.45) is 3.07. The molecule has 2 nitrogen and oxygen atoms in total. The van der Waals surface area contributed by atoms with Crippen molar-refractivity contribution < 1.29 is 4.74 Å². The van der Waals surface area contributed by atoms with Gasteiger partial charge in [0.05, 0.1) is 0 Å². The second-order valence-electron chi connectivity index (χ2n) is 3.13. The molecule has 0 saturated heterocycles. The molecule has 0 amide bonds. The number of benzene rings is 1. The standard InChI is InChI=1S/C8H8.C4H11N.C2H6O/c1-2-8-6-4-3-5-7-8;1-3-4-5-2;1-3-2/h2-7H,1H2;5H,3-4H2,1-2H3;1-2H3. The van der Waals surface area contributed by atoms with Gasteiger partial charge < -0.3 is 10.1 Å². The van der Waals surface area contributed by atoms with Crippen molar-refractivity contribution in [3.8, 4) is 0 Å². The first kappa shape index (κ1) is 17.3. The maximum Gasteiger partial charge on any atom is 0.0351 e. The smallest absolute Gasteiger partial charge is 0.0351 e. The predicted molar refractivity (Wildman–Crippen MR) is 73.7 cm³/mol. The zero-order valence-corrected chi connectivity index (χ0v) is 11.0. The van der Waals surface area contributed by atoms with E-state index in [2.05, 4.69) is 23.6 Å². The van der Waals surface area contributed by atoms with Gasteiger partial charge in [-0.15, -0.1) is 0 Å². The molecule has 2 heteroatoms. The van der Waals surface area contributed by atoms with Crippen LogP contribution in [0.4, 0.5) is 0 Å². The second-order valence-corrected chi connectivity index (χ2v) is 3.13. The molecule has 1 rings (SSSR count). The van der Waals surface area contributed by atoms with Gasteiger partial charge in [0.25, 0.3) is 0 Å². The van der Waals surface area contributed by atoms with E-state index in [1.807, 2.05) is 43.5 Å². The summed E-state index contributed by atoms with van der Waals surface area (Å²) >= 11 is 0. The van der Waals surface area contributed by atoms with E-state index >= 15 is 0 Å². The van der Waals surface area contributed by atoms with E-state index in [0.717, 1.165) is 6.54 Å². The van der Waals surface area contributed by atoms with Gasteiger partial charge in [-0.05, 0) is 25.6 Å². The largest absolute Gasteiger partial charge is 0.388 e. The summed E-state index contributed by atoms with van der Waals surface area (Å²) < 4.78 is 4.25. The fourth-order valence-corrected chi connectivity index (χ4v) is 0.839. The molecule has 0 heterocycles. The number of ether oxygens (including phenoxy) is 1. The molecule has 0 radical (unpaired) electrons. The van der Waals surface area contributed by atoms with Gasteiger partial charge >= 0.3 is 0 Å². The first-order valence-electron chi connectivity index (χ1n) is 5.48. The molecule has 0 atom stereocenters. The molecule has 1 aromatic carbocycles. The molecule has 0 unspecified atom stereocenters. The Morgan fingerprint density at radius 1 is 1.25 bits per heavy atom. The third kappa shape index (κ3) is 15.4. The third-order valence-corrected chi connectivity index (χ3v) is 1.54. The zero-order valence-electron chi connectivity index (χ0n) is 11.0. The minimum atomic E-state index is 1.14. The van der Waals surface area contributed by atoms with Crippen LogP contribution in [-0.4, -0.2) is 27.8 Å². The van der Waals surface area contributed by atoms with Crippen molar-refractivity contribution in [1.82, 2.24) is 5.32 Å². The Labute approximate surface area is 100 Å². The van der Waals surface area contributed by atoms with Crippen LogP contribution in [0, 0.1) is 0 Å². The van der Waals surface area contributed by atoms with Gasteiger partial charge in [-0.25, -0.2) is 0 Å². The predicted octanol–water partition coefficient (Wildman–Crippen LogP) is 3.21. The molecule has 0 bridgehead atoms. The van der Waals surface area contributed by atoms with Crippen LogP contribution in [0.1, 0.15) is 18.9 Å². The number of nitrogens with one attached hydrogen (secondary N) is 1. The van der Waals surface area contributed by atoms with Crippen LogP contribution in [0.3, 0.4) is 0 Å². The Kier molecular flexibility index (Phi) is 17.6. The molecule has 1 N–H and O–H groups in total. The minimum Gasteiger partial charge on any atom is -0.388 e. The summed E-state index contributed by atoms with van der Waals surface area (Å²) in [4.78, 5) is 0. The zero-order chi connectivity index (χ0) is 12.6.